The van der Waals surface area contributed by atoms with E-state index < -0.39 is 17.4 Å². The van der Waals surface area contributed by atoms with Gasteiger partial charge in [-0.1, -0.05) is 17.8 Å². The van der Waals surface area contributed by atoms with Crippen molar-refractivity contribution in [2.75, 3.05) is 436 Å². The molecule has 0 heterocycles. The van der Waals surface area contributed by atoms with E-state index in [0.717, 1.165) is 0 Å². The number of rotatable bonds is 105. The third kappa shape index (κ3) is 101. The van der Waals surface area contributed by atoms with E-state index in [-0.39, 0.29) is 136 Å². The molecule has 1 atom stereocenters. The Morgan fingerprint density at radius 2 is 0.376 bits per heavy atom. The summed E-state index contributed by atoms with van der Waals surface area (Å²) in [7, 11) is 0. The SMILES string of the molecule is C#CCOCCOCCOCCOCCOCCOCCOCCOCCOCCNC(=O)CCOCC(COCCC(=O)NCCOCCOCCOCCOCCOCCOCCOCCOCCOCCOCC#C)(NC(=O)OC(C)(C)C)OCCC(=O)NCCOCCOCCOCCOCCOCCOCCOCCOCCOCCOCC#C. The summed E-state index contributed by atoms with van der Waals surface area (Å²) in [5.74, 6) is 6.17. The Labute approximate surface area is 742 Å². The first-order valence-electron chi connectivity index (χ1n) is 43.1. The van der Waals surface area contributed by atoms with Gasteiger partial charge in [0.25, 0.3) is 0 Å². The summed E-state index contributed by atoms with van der Waals surface area (Å²) in [5, 5.41) is 11.1. The predicted octanol–water partition coefficient (Wildman–Crippen LogP) is 0.157. The van der Waals surface area contributed by atoms with Gasteiger partial charge in [-0.2, -0.15) is 0 Å². The fourth-order valence-electron chi connectivity index (χ4n) is 9.03. The lowest BCUT2D eigenvalue weighted by molar-refractivity contribution is -0.157. The number of ether oxygens (including phenoxy) is 33. The predicted molar refractivity (Wildman–Crippen MR) is 453 cm³/mol. The maximum absolute atomic E-state index is 13.4. The van der Waals surface area contributed by atoms with E-state index in [4.69, 9.17) is 176 Å². The Hall–Kier alpha value is -4.92. The van der Waals surface area contributed by atoms with Crippen LogP contribution in [0.2, 0.25) is 0 Å². The second-order valence-corrected chi connectivity index (χ2v) is 26.6. The quantitative estimate of drug-likeness (QED) is 0.0358. The summed E-state index contributed by atoms with van der Waals surface area (Å²) < 4.78 is 183. The van der Waals surface area contributed by atoms with Gasteiger partial charge in [-0.05, 0) is 20.8 Å². The summed E-state index contributed by atoms with van der Waals surface area (Å²) in [5.41, 5.74) is -2.68. The first-order valence-corrected chi connectivity index (χ1v) is 43.1. The van der Waals surface area contributed by atoms with E-state index >= 15 is 0 Å². The third-order valence-corrected chi connectivity index (χ3v) is 15.0. The number of hydrogen-bond acceptors (Lipinski definition) is 37. The highest BCUT2D eigenvalue weighted by molar-refractivity contribution is 5.76. The van der Waals surface area contributed by atoms with Crippen molar-refractivity contribution in [2.24, 2.45) is 0 Å². The van der Waals surface area contributed by atoms with Crippen LogP contribution in [0.5, 0.6) is 0 Å². The van der Waals surface area contributed by atoms with E-state index in [1.807, 2.05) is 0 Å². The summed E-state index contributed by atoms with van der Waals surface area (Å²) in [6, 6.07) is 0. The van der Waals surface area contributed by atoms with Gasteiger partial charge in [0, 0.05) is 32.5 Å². The first-order chi connectivity index (χ1) is 61.5. The third-order valence-electron chi connectivity index (χ3n) is 15.0. The molecule has 0 spiro atoms. The molecule has 0 aliphatic heterocycles. The zero-order valence-electron chi connectivity index (χ0n) is 75.1. The van der Waals surface area contributed by atoms with Crippen molar-refractivity contribution in [1.29, 1.82) is 0 Å². The van der Waals surface area contributed by atoms with Crippen LogP contribution in [0, 0.1) is 37.0 Å². The Bertz CT molecular complexity index is 2410. The maximum atomic E-state index is 13.4. The van der Waals surface area contributed by atoms with Gasteiger partial charge in [0.05, 0.1) is 403 Å². The number of terminal acetylenes is 3. The second-order valence-electron chi connectivity index (χ2n) is 26.6. The van der Waals surface area contributed by atoms with Gasteiger partial charge in [-0.25, -0.2) is 4.79 Å². The van der Waals surface area contributed by atoms with E-state index in [1.165, 1.54) is 0 Å². The van der Waals surface area contributed by atoms with Gasteiger partial charge in [0.15, 0.2) is 5.72 Å². The van der Waals surface area contributed by atoms with Crippen LogP contribution in [0.4, 0.5) is 4.79 Å². The minimum absolute atomic E-state index is 0.0634. The lowest BCUT2D eigenvalue weighted by Crippen LogP contribution is -2.58. The molecule has 41 heteroatoms. The molecule has 4 amide bonds. The van der Waals surface area contributed by atoms with Crippen molar-refractivity contribution >= 4 is 23.8 Å². The van der Waals surface area contributed by atoms with Gasteiger partial charge >= 0.3 is 6.09 Å². The normalized spacial score (nSPS) is 12.0. The number of amides is 4. The second kappa shape index (κ2) is 101. The number of nitrogens with one attached hydrogen (secondary N) is 4. The number of carbonyl (C=O) groups is 4. The van der Waals surface area contributed by atoms with Crippen molar-refractivity contribution in [3.8, 4) is 37.0 Å². The molecule has 0 aromatic rings. The molecular weight excluding hydrogens is 1660 g/mol. The molecule has 0 aliphatic carbocycles. The number of alkyl carbamates (subject to hydrolysis) is 1. The Morgan fingerprint density at radius 1 is 0.216 bits per heavy atom. The van der Waals surface area contributed by atoms with Gasteiger partial charge in [-0.3, -0.25) is 19.7 Å². The van der Waals surface area contributed by atoms with Crippen molar-refractivity contribution < 1.29 is 175 Å². The smallest absolute Gasteiger partial charge is 0.410 e. The molecule has 4 N–H and O–H groups in total. The monoisotopic (exact) mass is 1810 g/mol. The van der Waals surface area contributed by atoms with Crippen molar-refractivity contribution in [3.05, 3.63) is 0 Å². The molecule has 0 aromatic heterocycles. The molecular formula is C84H154N4O37. The molecule has 0 saturated heterocycles. The molecule has 0 radical (unpaired) electrons. The van der Waals surface area contributed by atoms with Gasteiger partial charge in [0.1, 0.15) is 25.4 Å². The van der Waals surface area contributed by atoms with E-state index in [9.17, 15) is 19.2 Å². The molecule has 0 aromatic carbocycles. The van der Waals surface area contributed by atoms with E-state index in [0.29, 0.717) is 337 Å². The molecule has 0 fully saturated rings. The summed E-state index contributed by atoms with van der Waals surface area (Å²) in [6.45, 7) is 28.0. The number of carbonyl (C=O) groups excluding carboxylic acids is 4. The Balaban J connectivity index is 4.70. The van der Waals surface area contributed by atoms with Crippen LogP contribution in [0.15, 0.2) is 0 Å². The average Bonchev–Trinajstić information content (AvgIpc) is 0.846. The van der Waals surface area contributed by atoms with Crippen LogP contribution in [0.1, 0.15) is 40.0 Å². The van der Waals surface area contributed by atoms with Crippen LogP contribution in [0.3, 0.4) is 0 Å². The van der Waals surface area contributed by atoms with Crippen molar-refractivity contribution in [2.45, 2.75) is 51.4 Å². The maximum Gasteiger partial charge on any atom is 0.410 e. The van der Waals surface area contributed by atoms with Gasteiger partial charge < -0.3 is 172 Å². The first kappa shape index (κ1) is 120. The van der Waals surface area contributed by atoms with Crippen LogP contribution in [-0.2, 0) is 171 Å². The summed E-state index contributed by atoms with van der Waals surface area (Å²) in [4.78, 5) is 52.3. The highest BCUT2D eigenvalue weighted by Gasteiger charge is 2.36. The molecule has 732 valence electrons. The topological polar surface area (TPSA) is 421 Å². The fourth-order valence-corrected chi connectivity index (χ4v) is 9.03. The molecule has 125 heavy (non-hydrogen) atoms. The van der Waals surface area contributed by atoms with Gasteiger partial charge in [0.2, 0.25) is 17.7 Å². The molecule has 0 aliphatic rings. The largest absolute Gasteiger partial charge is 0.444 e. The van der Waals surface area contributed by atoms with E-state index in [1.54, 1.807) is 20.8 Å². The summed E-state index contributed by atoms with van der Waals surface area (Å²) >= 11 is 0. The fraction of sp³-hybridized carbons (Fsp3) is 0.881. The van der Waals surface area contributed by atoms with Crippen LogP contribution < -0.4 is 21.3 Å². The molecule has 41 nitrogen and oxygen atoms in total. The number of hydrogen-bond donors (Lipinski definition) is 4. The molecule has 0 saturated carbocycles. The summed E-state index contributed by atoms with van der Waals surface area (Å²) in [6.07, 6.45) is 14.2. The van der Waals surface area contributed by atoms with Crippen molar-refractivity contribution in [1.82, 2.24) is 21.3 Å². The van der Waals surface area contributed by atoms with Gasteiger partial charge in [-0.15, -0.1) is 19.3 Å². The molecule has 1 unspecified atom stereocenters. The average molecular weight is 1810 g/mol. The highest BCUT2D eigenvalue weighted by atomic mass is 16.6. The molecule has 0 bridgehead atoms. The van der Waals surface area contributed by atoms with Crippen LogP contribution >= 0.6 is 0 Å². The van der Waals surface area contributed by atoms with Crippen molar-refractivity contribution in [3.63, 3.8) is 0 Å². The standard InChI is InChI=1S/C84H154N4O37/c1-7-16-93-25-31-99-37-43-105-49-55-111-61-67-117-70-64-114-58-52-108-46-40-102-34-28-96-22-13-85-79(89)10-19-122-77-84(88-82(92)125-83(4,5)6,124-21-12-81(91)87-15-24-98-30-36-104-42-48-110-54-60-116-66-72-121-76-74-119-69-63-113-57-51-107-45-39-101-33-27-95-18-9-3)78-123-20-11-80(90)86-14-23-97-29-35-103-41-47-109-53-59-115-65-71-120-75-73-118-68-62-112-56-50-106-44-38-100-32-26-94-17-8-2/h1-3H,10-78H2,4-6H3,(H,85,89)(H,86,90)(H,87,91)(H,88,92). The zero-order valence-corrected chi connectivity index (χ0v) is 75.1. The Morgan fingerprint density at radius 3 is 0.544 bits per heavy atom. The molecule has 0 rings (SSSR count). The zero-order chi connectivity index (χ0) is 90.4. The lowest BCUT2D eigenvalue weighted by atomic mass is 10.2. The van der Waals surface area contributed by atoms with E-state index in [2.05, 4.69) is 39.0 Å². The minimum atomic E-state index is -1.76. The van der Waals surface area contributed by atoms with Crippen LogP contribution in [0.25, 0.3) is 0 Å². The van der Waals surface area contributed by atoms with Crippen LogP contribution in [-0.4, -0.2) is 471 Å². The Kier molecular flexibility index (Phi) is 97.2. The minimum Gasteiger partial charge on any atom is -0.444 e. The lowest BCUT2D eigenvalue weighted by Gasteiger charge is -2.35. The highest BCUT2D eigenvalue weighted by Crippen LogP contribution is 2.15.